The Kier molecular flexibility index (Phi) is 5.94. The minimum atomic E-state index is -1.04. The van der Waals surface area contributed by atoms with Crippen molar-refractivity contribution >= 4 is 11.9 Å². The Labute approximate surface area is 134 Å². The van der Waals surface area contributed by atoms with Gasteiger partial charge in [0.15, 0.2) is 5.76 Å². The monoisotopic (exact) mass is 317 g/mol. The highest BCUT2D eigenvalue weighted by Crippen LogP contribution is 2.22. The first-order valence-electron chi connectivity index (χ1n) is 7.37. The maximum Gasteiger partial charge on any atom is 0.329 e. The van der Waals surface area contributed by atoms with Gasteiger partial charge in [0.1, 0.15) is 12.4 Å². The zero-order valence-electron chi connectivity index (χ0n) is 12.9. The number of aryl methyl sites for hydroxylation is 1. The summed E-state index contributed by atoms with van der Waals surface area (Å²) in [6.07, 6.45) is 0.968. The molecule has 0 radical (unpaired) electrons. The van der Waals surface area contributed by atoms with E-state index in [9.17, 15) is 9.59 Å². The molecule has 0 aliphatic carbocycles. The summed E-state index contributed by atoms with van der Waals surface area (Å²) in [6.45, 7) is 2.05. The number of carbonyl (C=O) groups is 2. The molecule has 1 heterocycles. The van der Waals surface area contributed by atoms with Crippen LogP contribution in [0, 0.1) is 0 Å². The van der Waals surface area contributed by atoms with Crippen LogP contribution in [0.15, 0.2) is 40.8 Å². The lowest BCUT2D eigenvalue weighted by Gasteiger charge is -2.03. The van der Waals surface area contributed by atoms with Crippen LogP contribution in [0.3, 0.4) is 0 Å². The molecule has 0 spiro atoms. The maximum atomic E-state index is 11.9. The number of rotatable bonds is 8. The molecule has 2 rings (SSSR count). The summed E-state index contributed by atoms with van der Waals surface area (Å²) in [6, 6.07) is 11.3. The van der Waals surface area contributed by atoms with Gasteiger partial charge in [-0.05, 0) is 24.1 Å². The normalized spacial score (nSPS) is 10.5. The van der Waals surface area contributed by atoms with Gasteiger partial charge in [-0.25, -0.2) is 4.79 Å². The van der Waals surface area contributed by atoms with Gasteiger partial charge in [-0.1, -0.05) is 31.2 Å². The van der Waals surface area contributed by atoms with Gasteiger partial charge in [-0.3, -0.25) is 4.79 Å². The van der Waals surface area contributed by atoms with Gasteiger partial charge in [-0.15, -0.1) is 0 Å². The second-order valence-corrected chi connectivity index (χ2v) is 4.92. The maximum absolute atomic E-state index is 11.9. The number of hydrogen-bond acceptors (Lipinski definition) is 4. The first-order chi connectivity index (χ1) is 11.1. The van der Waals surface area contributed by atoms with E-state index in [0.717, 1.165) is 12.0 Å². The molecule has 0 aliphatic rings. The lowest BCUT2D eigenvalue weighted by Crippen LogP contribution is -2.27. The van der Waals surface area contributed by atoms with Crippen LogP contribution in [-0.2, 0) is 16.0 Å². The smallest absolute Gasteiger partial charge is 0.329 e. The molecule has 0 bridgehead atoms. The minimum Gasteiger partial charge on any atom is -0.480 e. The molecule has 6 heteroatoms. The average molecular weight is 317 g/mol. The highest BCUT2D eigenvalue weighted by atomic mass is 16.5. The number of aliphatic carboxylic acids is 1. The second kappa shape index (κ2) is 8.14. The van der Waals surface area contributed by atoms with E-state index in [4.69, 9.17) is 14.3 Å². The molecule has 0 atom stereocenters. The number of carboxylic acids is 1. The molecule has 0 fully saturated rings. The van der Waals surface area contributed by atoms with Crippen LogP contribution >= 0.6 is 0 Å². The van der Waals surface area contributed by atoms with Crippen molar-refractivity contribution in [1.82, 2.24) is 5.32 Å². The molecule has 0 aliphatic heterocycles. The molecule has 23 heavy (non-hydrogen) atoms. The fraction of sp³-hybridized carbons (Fsp3) is 0.294. The Morgan fingerprint density at radius 1 is 1.17 bits per heavy atom. The number of ether oxygens (including phenoxy) is 1. The molecule has 1 amide bonds. The lowest BCUT2D eigenvalue weighted by atomic mass is 10.1. The third-order valence-corrected chi connectivity index (χ3v) is 3.23. The van der Waals surface area contributed by atoms with E-state index in [1.54, 1.807) is 12.1 Å². The van der Waals surface area contributed by atoms with Crippen molar-refractivity contribution < 1.29 is 23.8 Å². The van der Waals surface area contributed by atoms with Crippen molar-refractivity contribution in [3.8, 4) is 11.3 Å². The first kappa shape index (κ1) is 16.8. The molecule has 0 saturated heterocycles. The number of amides is 1. The summed E-state index contributed by atoms with van der Waals surface area (Å²) in [7, 11) is 0. The second-order valence-electron chi connectivity index (χ2n) is 4.92. The van der Waals surface area contributed by atoms with Crippen LogP contribution in [0.2, 0.25) is 0 Å². The zero-order valence-corrected chi connectivity index (χ0v) is 12.9. The predicted octanol–water partition coefficient (Wildman–Crippen LogP) is 2.34. The van der Waals surface area contributed by atoms with E-state index in [0.29, 0.717) is 5.76 Å². The van der Waals surface area contributed by atoms with Crippen molar-refractivity contribution in [2.45, 2.75) is 13.3 Å². The van der Waals surface area contributed by atoms with Gasteiger partial charge in [0.05, 0.1) is 6.61 Å². The van der Waals surface area contributed by atoms with Gasteiger partial charge in [0.25, 0.3) is 5.91 Å². The van der Waals surface area contributed by atoms with Crippen LogP contribution in [0.5, 0.6) is 0 Å². The Balaban J connectivity index is 1.87. The molecular formula is C17H19NO5. The number of carboxylic acid groups (broad SMARTS) is 1. The molecular weight excluding hydrogens is 298 g/mol. The van der Waals surface area contributed by atoms with Gasteiger partial charge < -0.3 is 19.6 Å². The van der Waals surface area contributed by atoms with E-state index in [2.05, 4.69) is 12.2 Å². The van der Waals surface area contributed by atoms with Crippen molar-refractivity contribution in [3.63, 3.8) is 0 Å². The highest BCUT2D eigenvalue weighted by Gasteiger charge is 2.11. The fourth-order valence-corrected chi connectivity index (χ4v) is 2.00. The number of carbonyl (C=O) groups excluding carboxylic acids is 1. The highest BCUT2D eigenvalue weighted by molar-refractivity contribution is 5.92. The third kappa shape index (κ3) is 4.96. The van der Waals surface area contributed by atoms with E-state index < -0.39 is 5.97 Å². The Bertz CT molecular complexity index is 660. The molecule has 6 nitrogen and oxygen atoms in total. The number of benzene rings is 1. The van der Waals surface area contributed by atoms with Gasteiger partial charge in [0.2, 0.25) is 0 Å². The molecule has 1 aromatic heterocycles. The van der Waals surface area contributed by atoms with E-state index in [1.165, 1.54) is 5.56 Å². The number of nitrogens with one attached hydrogen (secondary N) is 1. The molecule has 1 aromatic carbocycles. The average Bonchev–Trinajstić information content (AvgIpc) is 3.04. The van der Waals surface area contributed by atoms with Crippen molar-refractivity contribution in [2.24, 2.45) is 0 Å². The summed E-state index contributed by atoms with van der Waals surface area (Å²) < 4.78 is 10.4. The van der Waals surface area contributed by atoms with E-state index in [-0.39, 0.29) is 31.4 Å². The molecule has 0 saturated carbocycles. The Morgan fingerprint density at radius 3 is 2.57 bits per heavy atom. The summed E-state index contributed by atoms with van der Waals surface area (Å²) in [5, 5.41) is 11.0. The largest absolute Gasteiger partial charge is 0.480 e. The van der Waals surface area contributed by atoms with Crippen LogP contribution in [0.4, 0.5) is 0 Å². The van der Waals surface area contributed by atoms with E-state index in [1.807, 2.05) is 24.3 Å². The Hall–Kier alpha value is -2.60. The van der Waals surface area contributed by atoms with E-state index >= 15 is 0 Å². The molecule has 122 valence electrons. The van der Waals surface area contributed by atoms with Crippen LogP contribution in [-0.4, -0.2) is 36.7 Å². The quantitative estimate of drug-likeness (QED) is 0.730. The standard InChI is InChI=1S/C17H19NO5/c1-2-12-3-5-13(6-4-12)14-7-8-15(23-14)17(21)18-9-10-22-11-16(19)20/h3-8H,2,9-11H2,1H3,(H,18,21)(H,19,20). The SMILES string of the molecule is CCc1ccc(-c2ccc(C(=O)NCCOCC(=O)O)o2)cc1. The summed E-state index contributed by atoms with van der Waals surface area (Å²) in [5.41, 5.74) is 2.14. The van der Waals surface area contributed by atoms with Crippen LogP contribution in [0.1, 0.15) is 23.0 Å². The van der Waals surface area contributed by atoms with Crippen LogP contribution < -0.4 is 5.32 Å². The molecule has 0 unspecified atom stereocenters. The summed E-state index contributed by atoms with van der Waals surface area (Å²) in [5.74, 6) is -0.570. The Morgan fingerprint density at radius 2 is 1.91 bits per heavy atom. The summed E-state index contributed by atoms with van der Waals surface area (Å²) in [4.78, 5) is 22.2. The minimum absolute atomic E-state index is 0.129. The van der Waals surface area contributed by atoms with Gasteiger partial charge in [-0.2, -0.15) is 0 Å². The number of furan rings is 1. The molecule has 2 aromatic rings. The van der Waals surface area contributed by atoms with Crippen molar-refractivity contribution in [2.75, 3.05) is 19.8 Å². The summed E-state index contributed by atoms with van der Waals surface area (Å²) >= 11 is 0. The topological polar surface area (TPSA) is 88.8 Å². The lowest BCUT2D eigenvalue weighted by molar-refractivity contribution is -0.142. The predicted molar refractivity (Wildman–Crippen MR) is 84.3 cm³/mol. The first-order valence-corrected chi connectivity index (χ1v) is 7.37. The number of hydrogen-bond donors (Lipinski definition) is 2. The third-order valence-electron chi connectivity index (χ3n) is 3.23. The van der Waals surface area contributed by atoms with Crippen LogP contribution in [0.25, 0.3) is 11.3 Å². The van der Waals surface area contributed by atoms with Gasteiger partial charge in [0, 0.05) is 12.1 Å². The molecule has 2 N–H and O–H groups in total. The van der Waals surface area contributed by atoms with Crippen molar-refractivity contribution in [3.05, 3.63) is 47.7 Å². The van der Waals surface area contributed by atoms with Crippen molar-refractivity contribution in [1.29, 1.82) is 0 Å². The zero-order chi connectivity index (χ0) is 16.7. The van der Waals surface area contributed by atoms with Gasteiger partial charge >= 0.3 is 5.97 Å². The fourth-order valence-electron chi connectivity index (χ4n) is 2.00.